The van der Waals surface area contributed by atoms with Crippen LogP contribution < -0.4 is 9.84 Å². The predicted molar refractivity (Wildman–Crippen MR) is 94.6 cm³/mol. The van der Waals surface area contributed by atoms with Crippen LogP contribution in [0.25, 0.3) is 11.6 Å². The number of aromatic hydroxyl groups is 1. The third-order valence-electron chi connectivity index (χ3n) is 4.05. The van der Waals surface area contributed by atoms with Crippen LogP contribution in [0.5, 0.6) is 11.5 Å². The first-order chi connectivity index (χ1) is 12.9. The molecule has 0 spiro atoms. The van der Waals surface area contributed by atoms with Crippen molar-refractivity contribution in [2.45, 2.75) is 6.92 Å². The van der Waals surface area contributed by atoms with E-state index in [2.05, 4.69) is 0 Å². The van der Waals surface area contributed by atoms with Gasteiger partial charge in [0.2, 0.25) is 0 Å². The Morgan fingerprint density at radius 2 is 1.85 bits per heavy atom. The first-order valence-electron chi connectivity index (χ1n) is 8.25. The summed E-state index contributed by atoms with van der Waals surface area (Å²) in [6.07, 6.45) is 1.53. The second kappa shape index (κ2) is 7.33. The number of fused-ring (bicyclic) bond motifs is 1. The summed E-state index contributed by atoms with van der Waals surface area (Å²) < 4.78 is 5.34. The highest BCUT2D eigenvalue weighted by atomic mass is 16.5. The number of carboxylic acids is 1. The lowest BCUT2D eigenvalue weighted by molar-refractivity contribution is -0.305. The minimum absolute atomic E-state index is 0.0388. The van der Waals surface area contributed by atoms with Gasteiger partial charge in [-0.05, 0) is 42.3 Å². The van der Waals surface area contributed by atoms with Crippen molar-refractivity contribution in [1.82, 2.24) is 4.90 Å². The first kappa shape index (κ1) is 18.2. The van der Waals surface area contributed by atoms with Crippen LogP contribution in [-0.4, -0.2) is 40.9 Å². The Morgan fingerprint density at radius 3 is 2.52 bits per heavy atom. The number of imide groups is 1. The number of aliphatic carboxylic acids is 1. The molecule has 0 bridgehead atoms. The number of benzene rings is 2. The van der Waals surface area contributed by atoms with Crippen molar-refractivity contribution in [2.24, 2.45) is 0 Å². The van der Waals surface area contributed by atoms with E-state index in [1.165, 1.54) is 18.2 Å². The van der Waals surface area contributed by atoms with Gasteiger partial charge in [0, 0.05) is 11.1 Å². The summed E-state index contributed by atoms with van der Waals surface area (Å²) in [5.41, 5.74) is 1.36. The molecule has 0 fully saturated rings. The summed E-state index contributed by atoms with van der Waals surface area (Å²) in [5, 5.41) is 20.8. The van der Waals surface area contributed by atoms with E-state index in [0.717, 1.165) is 0 Å². The molecule has 0 unspecified atom stereocenters. The van der Waals surface area contributed by atoms with E-state index in [4.69, 9.17) is 4.74 Å². The lowest BCUT2D eigenvalue weighted by Gasteiger charge is -2.28. The topological polar surface area (TPSA) is 107 Å². The van der Waals surface area contributed by atoms with Gasteiger partial charge in [0.1, 0.15) is 0 Å². The van der Waals surface area contributed by atoms with Crippen molar-refractivity contribution in [3.63, 3.8) is 0 Å². The number of phenolic OH excluding ortho intramolecular Hbond substituents is 1. The molecule has 1 aliphatic heterocycles. The minimum Gasteiger partial charge on any atom is -0.548 e. The first-order valence-corrected chi connectivity index (χ1v) is 8.25. The number of ether oxygens (including phenoxy) is 1. The van der Waals surface area contributed by atoms with E-state index in [0.29, 0.717) is 22.6 Å². The number of nitrogens with zero attached hydrogens (tertiary/aromatic N) is 1. The van der Waals surface area contributed by atoms with Crippen LogP contribution in [0.3, 0.4) is 0 Å². The zero-order valence-electron chi connectivity index (χ0n) is 14.5. The summed E-state index contributed by atoms with van der Waals surface area (Å²) in [5.74, 6) is -2.72. The molecule has 0 saturated carbocycles. The van der Waals surface area contributed by atoms with Gasteiger partial charge in [0.05, 0.1) is 19.1 Å². The molecule has 2 amide bonds. The largest absolute Gasteiger partial charge is 0.548 e. The predicted octanol–water partition coefficient (Wildman–Crippen LogP) is 1.06. The highest BCUT2D eigenvalue weighted by molar-refractivity contribution is 6.34. The van der Waals surface area contributed by atoms with Gasteiger partial charge in [-0.3, -0.25) is 14.5 Å². The van der Waals surface area contributed by atoms with E-state index in [-0.39, 0.29) is 22.6 Å². The Labute approximate surface area is 155 Å². The molecule has 2 aromatic rings. The average Bonchev–Trinajstić information content (AvgIpc) is 2.65. The maximum absolute atomic E-state index is 12.8. The van der Waals surface area contributed by atoms with Crippen LogP contribution in [0.2, 0.25) is 0 Å². The van der Waals surface area contributed by atoms with E-state index >= 15 is 0 Å². The fraction of sp³-hybridized carbons (Fsp3) is 0.150. The Balaban J connectivity index is 2.12. The lowest BCUT2D eigenvalue weighted by atomic mass is 9.92. The second-order valence-corrected chi connectivity index (χ2v) is 5.83. The second-order valence-electron chi connectivity index (χ2n) is 5.83. The quantitative estimate of drug-likeness (QED) is 0.626. The molecule has 1 aliphatic rings. The maximum atomic E-state index is 12.8. The third-order valence-corrected chi connectivity index (χ3v) is 4.05. The van der Waals surface area contributed by atoms with Crippen LogP contribution >= 0.6 is 0 Å². The molecule has 7 nitrogen and oxygen atoms in total. The fourth-order valence-corrected chi connectivity index (χ4v) is 2.87. The molecule has 0 aliphatic carbocycles. The zero-order chi connectivity index (χ0) is 19.6. The van der Waals surface area contributed by atoms with Gasteiger partial charge in [-0.15, -0.1) is 0 Å². The Morgan fingerprint density at radius 1 is 1.15 bits per heavy atom. The number of carbonyl (C=O) groups is 3. The normalized spacial score (nSPS) is 15.0. The van der Waals surface area contributed by atoms with Crippen LogP contribution in [0.1, 0.15) is 28.4 Å². The van der Waals surface area contributed by atoms with Gasteiger partial charge in [-0.2, -0.15) is 0 Å². The lowest BCUT2D eigenvalue weighted by Crippen LogP contribution is -2.47. The minimum atomic E-state index is -1.53. The number of carbonyl (C=O) groups excluding carboxylic acids is 3. The SMILES string of the molecule is CCOc1cc(/C=C2\C(=O)N(CC(=O)[O-])C(=O)c3ccccc32)ccc1O. The molecular formula is C20H16NO6-. The zero-order valence-corrected chi connectivity index (χ0v) is 14.5. The van der Waals surface area contributed by atoms with Crippen LogP contribution in [0.15, 0.2) is 42.5 Å². The number of phenols is 1. The Bertz CT molecular complexity index is 963. The smallest absolute Gasteiger partial charge is 0.261 e. The fourth-order valence-electron chi connectivity index (χ4n) is 2.87. The van der Waals surface area contributed by atoms with Gasteiger partial charge < -0.3 is 19.7 Å². The highest BCUT2D eigenvalue weighted by Crippen LogP contribution is 2.32. The molecule has 0 saturated heterocycles. The molecule has 0 aromatic heterocycles. The van der Waals surface area contributed by atoms with Gasteiger partial charge in [-0.1, -0.05) is 24.3 Å². The van der Waals surface area contributed by atoms with Crippen LogP contribution in [0.4, 0.5) is 0 Å². The molecule has 0 atom stereocenters. The van der Waals surface area contributed by atoms with Crippen molar-refractivity contribution < 1.29 is 29.3 Å². The van der Waals surface area contributed by atoms with Gasteiger partial charge >= 0.3 is 0 Å². The van der Waals surface area contributed by atoms with Crippen molar-refractivity contribution >= 4 is 29.4 Å². The standard InChI is InChI=1S/C20H17NO6/c1-2-27-17-10-12(7-8-16(17)22)9-15-13-5-3-4-6-14(13)19(25)21(20(15)26)11-18(23)24/h3-10,22H,2,11H2,1H3,(H,23,24)/p-1/b15-9-. The van der Waals surface area contributed by atoms with E-state index in [1.807, 2.05) is 0 Å². The third kappa shape index (κ3) is 3.52. The molecular weight excluding hydrogens is 350 g/mol. The maximum Gasteiger partial charge on any atom is 0.261 e. The Hall–Kier alpha value is -3.61. The molecule has 7 heteroatoms. The summed E-state index contributed by atoms with van der Waals surface area (Å²) in [4.78, 5) is 36.9. The molecule has 2 aromatic carbocycles. The van der Waals surface area contributed by atoms with Crippen molar-refractivity contribution in [3.05, 3.63) is 59.2 Å². The number of carboxylic acid groups (broad SMARTS) is 1. The number of amides is 2. The molecule has 138 valence electrons. The summed E-state index contributed by atoms with van der Waals surface area (Å²) >= 11 is 0. The number of hydrogen-bond acceptors (Lipinski definition) is 6. The number of hydrogen-bond donors (Lipinski definition) is 1. The Kier molecular flexibility index (Phi) is 4.94. The molecule has 27 heavy (non-hydrogen) atoms. The van der Waals surface area contributed by atoms with Crippen LogP contribution in [-0.2, 0) is 9.59 Å². The average molecular weight is 366 g/mol. The van der Waals surface area contributed by atoms with E-state index < -0.39 is 24.3 Å². The van der Waals surface area contributed by atoms with Crippen LogP contribution in [0, 0.1) is 0 Å². The van der Waals surface area contributed by atoms with E-state index in [1.54, 1.807) is 37.3 Å². The summed E-state index contributed by atoms with van der Waals surface area (Å²) in [6.45, 7) is 1.29. The van der Waals surface area contributed by atoms with Gasteiger partial charge in [0.25, 0.3) is 11.8 Å². The molecule has 3 rings (SSSR count). The summed E-state index contributed by atoms with van der Waals surface area (Å²) in [6, 6.07) is 11.0. The monoisotopic (exact) mass is 366 g/mol. The van der Waals surface area contributed by atoms with Gasteiger partial charge in [0.15, 0.2) is 11.5 Å². The van der Waals surface area contributed by atoms with Crippen molar-refractivity contribution in [1.29, 1.82) is 0 Å². The van der Waals surface area contributed by atoms with E-state index in [9.17, 15) is 24.6 Å². The number of rotatable bonds is 5. The molecule has 1 heterocycles. The van der Waals surface area contributed by atoms with Gasteiger partial charge in [-0.25, -0.2) is 0 Å². The summed E-state index contributed by atoms with van der Waals surface area (Å²) in [7, 11) is 0. The molecule has 0 radical (unpaired) electrons. The molecule has 1 N–H and O–H groups in total. The highest BCUT2D eigenvalue weighted by Gasteiger charge is 2.34. The van der Waals surface area contributed by atoms with Crippen molar-refractivity contribution in [2.75, 3.05) is 13.2 Å². The van der Waals surface area contributed by atoms with Crippen molar-refractivity contribution in [3.8, 4) is 11.5 Å².